The highest BCUT2D eigenvalue weighted by Crippen LogP contribution is 2.29. The van der Waals surface area contributed by atoms with E-state index in [9.17, 15) is 14.4 Å². The van der Waals surface area contributed by atoms with Crippen LogP contribution in [0.2, 0.25) is 0 Å². The standard InChI is InChI=1S/C17H20N2O5/c1-24-13-4-2-12(3-5-13)19-15(20)10-14(16(19)21)18-8-6-11(7-9-18)17(22)23/h2-5,11,14H,6-10H2,1H3,(H,22,23)/t14-/m0/s1. The summed E-state index contributed by atoms with van der Waals surface area (Å²) in [6, 6.07) is 6.30. The molecule has 0 aromatic heterocycles. The van der Waals surface area contributed by atoms with Crippen LogP contribution in [0.5, 0.6) is 5.75 Å². The van der Waals surface area contributed by atoms with E-state index in [0.717, 1.165) is 0 Å². The van der Waals surface area contributed by atoms with Crippen molar-refractivity contribution in [3.05, 3.63) is 24.3 Å². The highest BCUT2D eigenvalue weighted by molar-refractivity contribution is 6.22. The number of carboxylic acids is 1. The summed E-state index contributed by atoms with van der Waals surface area (Å²) < 4.78 is 5.09. The van der Waals surface area contributed by atoms with Crippen molar-refractivity contribution in [1.82, 2.24) is 4.90 Å². The number of hydrogen-bond acceptors (Lipinski definition) is 5. The number of likely N-dealkylation sites (tertiary alicyclic amines) is 1. The average molecular weight is 332 g/mol. The van der Waals surface area contributed by atoms with Gasteiger partial charge in [-0.3, -0.25) is 19.3 Å². The topological polar surface area (TPSA) is 87.2 Å². The number of ether oxygens (including phenoxy) is 1. The second kappa shape index (κ2) is 6.60. The van der Waals surface area contributed by atoms with Gasteiger partial charge in [-0.2, -0.15) is 0 Å². The molecule has 2 heterocycles. The van der Waals surface area contributed by atoms with E-state index in [2.05, 4.69) is 0 Å². The molecule has 24 heavy (non-hydrogen) atoms. The summed E-state index contributed by atoms with van der Waals surface area (Å²) in [7, 11) is 1.55. The number of benzene rings is 1. The van der Waals surface area contributed by atoms with E-state index in [1.165, 1.54) is 4.90 Å². The molecule has 0 spiro atoms. The number of hydrogen-bond donors (Lipinski definition) is 1. The SMILES string of the molecule is COc1ccc(N2C(=O)C[C@H](N3CCC(C(=O)O)CC3)C2=O)cc1. The minimum Gasteiger partial charge on any atom is -0.497 e. The first-order valence-corrected chi connectivity index (χ1v) is 7.99. The molecular weight excluding hydrogens is 312 g/mol. The van der Waals surface area contributed by atoms with Gasteiger partial charge in [0, 0.05) is 0 Å². The van der Waals surface area contributed by atoms with Gasteiger partial charge in [0.2, 0.25) is 5.91 Å². The van der Waals surface area contributed by atoms with Gasteiger partial charge in [0.1, 0.15) is 5.75 Å². The third-order valence-corrected chi connectivity index (χ3v) is 4.77. The van der Waals surface area contributed by atoms with Crippen molar-refractivity contribution in [2.24, 2.45) is 5.92 Å². The Morgan fingerprint density at radius 1 is 1.17 bits per heavy atom. The number of methoxy groups -OCH3 is 1. The lowest BCUT2D eigenvalue weighted by atomic mass is 9.96. The van der Waals surface area contributed by atoms with E-state index in [-0.39, 0.29) is 24.2 Å². The van der Waals surface area contributed by atoms with Crippen LogP contribution in [-0.4, -0.2) is 54.0 Å². The van der Waals surface area contributed by atoms with Crippen molar-refractivity contribution in [3.63, 3.8) is 0 Å². The monoisotopic (exact) mass is 332 g/mol. The molecule has 2 fully saturated rings. The van der Waals surface area contributed by atoms with E-state index >= 15 is 0 Å². The number of carbonyl (C=O) groups is 3. The number of imide groups is 1. The predicted molar refractivity (Wildman–Crippen MR) is 85.8 cm³/mol. The van der Waals surface area contributed by atoms with E-state index in [4.69, 9.17) is 9.84 Å². The van der Waals surface area contributed by atoms with Crippen LogP contribution in [0.1, 0.15) is 19.3 Å². The third kappa shape index (κ3) is 2.99. The molecule has 2 aliphatic rings. The maximum Gasteiger partial charge on any atom is 0.306 e. The van der Waals surface area contributed by atoms with E-state index in [1.807, 2.05) is 4.90 Å². The quantitative estimate of drug-likeness (QED) is 0.832. The van der Waals surface area contributed by atoms with E-state index < -0.39 is 12.0 Å². The highest BCUT2D eigenvalue weighted by Gasteiger charge is 2.43. The molecule has 128 valence electrons. The van der Waals surface area contributed by atoms with Gasteiger partial charge >= 0.3 is 5.97 Å². The fraction of sp³-hybridized carbons (Fsp3) is 0.471. The minimum absolute atomic E-state index is 0.141. The molecule has 0 bridgehead atoms. The second-order valence-electron chi connectivity index (χ2n) is 6.13. The second-order valence-corrected chi connectivity index (χ2v) is 6.13. The summed E-state index contributed by atoms with van der Waals surface area (Å²) >= 11 is 0. The van der Waals surface area contributed by atoms with Crippen molar-refractivity contribution in [3.8, 4) is 5.75 Å². The number of anilines is 1. The van der Waals surface area contributed by atoms with E-state index in [0.29, 0.717) is 37.4 Å². The van der Waals surface area contributed by atoms with Gasteiger partial charge in [-0.05, 0) is 50.2 Å². The molecule has 1 atom stereocenters. The average Bonchev–Trinajstić information content (AvgIpc) is 2.89. The number of amides is 2. The van der Waals surface area contributed by atoms with Crippen LogP contribution in [0.15, 0.2) is 24.3 Å². The Labute approximate surface area is 139 Å². The Morgan fingerprint density at radius 3 is 2.33 bits per heavy atom. The lowest BCUT2D eigenvalue weighted by Crippen LogP contribution is -2.46. The summed E-state index contributed by atoms with van der Waals surface area (Å²) in [6.07, 6.45) is 1.16. The summed E-state index contributed by atoms with van der Waals surface area (Å²) in [5, 5.41) is 9.06. The lowest BCUT2D eigenvalue weighted by molar-refractivity contribution is -0.143. The fourth-order valence-electron chi connectivity index (χ4n) is 3.36. The number of aliphatic carboxylic acids is 1. The number of nitrogens with zero attached hydrogens (tertiary/aromatic N) is 2. The molecule has 0 radical (unpaired) electrons. The molecule has 1 N–H and O–H groups in total. The van der Waals surface area contributed by atoms with Gasteiger partial charge < -0.3 is 9.84 Å². The zero-order chi connectivity index (χ0) is 17.3. The van der Waals surface area contributed by atoms with Gasteiger partial charge in [0.05, 0.1) is 31.2 Å². The number of carboxylic acid groups (broad SMARTS) is 1. The maximum atomic E-state index is 12.7. The maximum absolute atomic E-state index is 12.7. The van der Waals surface area contributed by atoms with E-state index in [1.54, 1.807) is 31.4 Å². The molecular formula is C17H20N2O5. The van der Waals surface area contributed by atoms with Gasteiger partial charge in [-0.1, -0.05) is 0 Å². The van der Waals surface area contributed by atoms with Crippen molar-refractivity contribution in [2.45, 2.75) is 25.3 Å². The van der Waals surface area contributed by atoms with Crippen molar-refractivity contribution in [2.75, 3.05) is 25.1 Å². The number of carbonyl (C=O) groups excluding carboxylic acids is 2. The molecule has 0 unspecified atom stereocenters. The van der Waals surface area contributed by atoms with Gasteiger partial charge in [-0.25, -0.2) is 4.90 Å². The van der Waals surface area contributed by atoms with Crippen molar-refractivity contribution >= 4 is 23.5 Å². The molecule has 2 aliphatic heterocycles. The Hall–Kier alpha value is -2.41. The van der Waals surface area contributed by atoms with Crippen LogP contribution in [0.25, 0.3) is 0 Å². The molecule has 3 rings (SSSR count). The summed E-state index contributed by atoms with van der Waals surface area (Å²) in [6.45, 7) is 1.05. The van der Waals surface area contributed by atoms with Crippen molar-refractivity contribution in [1.29, 1.82) is 0 Å². The normalized spacial score (nSPS) is 22.9. The van der Waals surface area contributed by atoms with Crippen LogP contribution >= 0.6 is 0 Å². The molecule has 0 aliphatic carbocycles. The number of rotatable bonds is 4. The number of piperidine rings is 1. The largest absolute Gasteiger partial charge is 0.497 e. The molecule has 2 amide bonds. The predicted octanol–water partition coefficient (Wildman–Crippen LogP) is 1.12. The highest BCUT2D eigenvalue weighted by atomic mass is 16.5. The van der Waals surface area contributed by atoms with Crippen LogP contribution in [-0.2, 0) is 14.4 Å². The summed E-state index contributed by atoms with van der Waals surface area (Å²) in [5.74, 6) is -0.950. The fourth-order valence-corrected chi connectivity index (χ4v) is 3.36. The smallest absolute Gasteiger partial charge is 0.306 e. The Balaban J connectivity index is 1.71. The molecule has 2 saturated heterocycles. The first-order valence-electron chi connectivity index (χ1n) is 7.99. The zero-order valence-electron chi connectivity index (χ0n) is 13.5. The van der Waals surface area contributed by atoms with Crippen LogP contribution < -0.4 is 9.64 Å². The summed E-state index contributed by atoms with van der Waals surface area (Å²) in [4.78, 5) is 39.2. The Kier molecular flexibility index (Phi) is 4.53. The Morgan fingerprint density at radius 2 is 1.79 bits per heavy atom. The molecule has 7 nitrogen and oxygen atoms in total. The zero-order valence-corrected chi connectivity index (χ0v) is 13.5. The molecule has 0 saturated carbocycles. The van der Waals surface area contributed by atoms with Gasteiger partial charge in [-0.15, -0.1) is 0 Å². The summed E-state index contributed by atoms with van der Waals surface area (Å²) in [5.41, 5.74) is 0.536. The third-order valence-electron chi connectivity index (χ3n) is 4.77. The van der Waals surface area contributed by atoms with Crippen molar-refractivity contribution < 1.29 is 24.2 Å². The first kappa shape index (κ1) is 16.4. The molecule has 1 aromatic rings. The minimum atomic E-state index is -0.789. The lowest BCUT2D eigenvalue weighted by Gasteiger charge is -2.33. The van der Waals surface area contributed by atoms with Gasteiger partial charge in [0.25, 0.3) is 5.91 Å². The Bertz CT molecular complexity index is 649. The molecule has 7 heteroatoms. The first-order chi connectivity index (χ1) is 11.5. The van der Waals surface area contributed by atoms with Crippen LogP contribution in [0, 0.1) is 5.92 Å². The van der Waals surface area contributed by atoms with Crippen LogP contribution in [0.4, 0.5) is 5.69 Å². The van der Waals surface area contributed by atoms with Crippen LogP contribution in [0.3, 0.4) is 0 Å². The van der Waals surface area contributed by atoms with Gasteiger partial charge in [0.15, 0.2) is 0 Å². The molecule has 1 aromatic carbocycles.